The largest absolute Gasteiger partial charge is 0.479 e. The fourth-order valence-electron chi connectivity index (χ4n) is 2.50. The van der Waals surface area contributed by atoms with E-state index < -0.39 is 30.5 Å². The fourth-order valence-corrected chi connectivity index (χ4v) is 2.50. The van der Waals surface area contributed by atoms with Crippen LogP contribution in [0.15, 0.2) is 6.33 Å². The van der Waals surface area contributed by atoms with E-state index in [1.54, 1.807) is 13.8 Å². The minimum Gasteiger partial charge on any atom is -0.479 e. The van der Waals surface area contributed by atoms with E-state index in [1.165, 1.54) is 10.9 Å². The molecule has 0 bridgehead atoms. The molecule has 1 fully saturated rings. The van der Waals surface area contributed by atoms with Crippen molar-refractivity contribution < 1.29 is 45.3 Å². The van der Waals surface area contributed by atoms with E-state index in [9.17, 15) is 15.0 Å². The molecular weight excluding hydrogens is 490 g/mol. The van der Waals surface area contributed by atoms with Gasteiger partial charge in [0, 0.05) is 20.4 Å². The normalized spacial score (nSPS) is 25.8. The van der Waals surface area contributed by atoms with Crippen molar-refractivity contribution in [3.63, 3.8) is 0 Å². The van der Waals surface area contributed by atoms with Crippen molar-refractivity contribution >= 4 is 17.1 Å². The Bertz CT molecular complexity index is 843. The standard InChI is InChI=1S/C14H14N4O5.Re/c1-3-4-7-16-6(2)8-12(17-7)18(5-15-8)13-10(20)9(19)11(23-13)14(21)22;/h5,9-11,13,19-20H,1-2H3,(H,21,22);/t9-,10?,11+,13-;/m1./s1. The molecule has 3 N–H and O–H groups in total. The first-order chi connectivity index (χ1) is 10.9. The summed E-state index contributed by atoms with van der Waals surface area (Å²) in [6, 6.07) is 0. The Hall–Kier alpha value is -1.88. The number of imidazole rings is 1. The number of fused-ring (bicyclic) bond motifs is 1. The number of hydrogen-bond donors (Lipinski definition) is 3. The summed E-state index contributed by atoms with van der Waals surface area (Å²) in [7, 11) is 0. The summed E-state index contributed by atoms with van der Waals surface area (Å²) >= 11 is 0. The average Bonchev–Trinajstić information content (AvgIpc) is 3.03. The summed E-state index contributed by atoms with van der Waals surface area (Å²) in [6.45, 7) is 3.39. The van der Waals surface area contributed by atoms with Gasteiger partial charge in [-0.1, -0.05) is 5.92 Å². The fraction of sp³-hybridized carbons (Fsp3) is 0.429. The van der Waals surface area contributed by atoms with Crippen molar-refractivity contribution in [3.05, 3.63) is 17.8 Å². The van der Waals surface area contributed by atoms with Crippen molar-refractivity contribution in [2.45, 2.75) is 38.4 Å². The number of ether oxygens (including phenoxy) is 1. The Labute approximate surface area is 150 Å². The van der Waals surface area contributed by atoms with Crippen LogP contribution in [0, 0.1) is 18.8 Å². The number of nitrogens with zero attached hydrogens (tertiary/aromatic N) is 4. The van der Waals surface area contributed by atoms with Gasteiger partial charge in [-0.25, -0.2) is 19.7 Å². The molecule has 0 aliphatic carbocycles. The molecule has 1 saturated heterocycles. The van der Waals surface area contributed by atoms with Gasteiger partial charge in [0.15, 0.2) is 18.0 Å². The van der Waals surface area contributed by atoms with Gasteiger partial charge in [0.2, 0.25) is 5.82 Å². The number of carbonyl (C=O) groups is 1. The second kappa shape index (κ2) is 6.93. The molecule has 10 heteroatoms. The minimum absolute atomic E-state index is 0. The first-order valence-electron chi connectivity index (χ1n) is 6.82. The zero-order chi connectivity index (χ0) is 16.7. The molecule has 2 aromatic heterocycles. The van der Waals surface area contributed by atoms with Crippen LogP contribution in [-0.2, 0) is 30.0 Å². The van der Waals surface area contributed by atoms with Crippen LogP contribution in [0.2, 0.25) is 0 Å². The molecule has 3 heterocycles. The van der Waals surface area contributed by atoms with E-state index >= 15 is 0 Å². The summed E-state index contributed by atoms with van der Waals surface area (Å²) in [5.41, 5.74) is 1.42. The zero-order valence-electron chi connectivity index (χ0n) is 12.7. The summed E-state index contributed by atoms with van der Waals surface area (Å²) < 4.78 is 6.64. The van der Waals surface area contributed by atoms with Gasteiger partial charge in [-0.15, -0.1) is 0 Å². The summed E-state index contributed by atoms with van der Waals surface area (Å²) in [4.78, 5) is 23.7. The number of aryl methyl sites for hydroxylation is 1. The Kier molecular flexibility index (Phi) is 5.33. The van der Waals surface area contributed by atoms with Crippen LogP contribution >= 0.6 is 0 Å². The molecule has 4 atom stereocenters. The van der Waals surface area contributed by atoms with Crippen LogP contribution in [0.1, 0.15) is 24.7 Å². The molecule has 3 rings (SSSR count). The number of rotatable bonds is 2. The topological polar surface area (TPSA) is 131 Å². The maximum atomic E-state index is 11.1. The number of carboxylic acid groups (broad SMARTS) is 1. The SMILES string of the molecule is CC#Cc1nc(C)c2ncn([C@@H]3O[C@H](C(=O)O)[C@H](O)C3O)c2n1.[Re]. The predicted octanol–water partition coefficient (Wildman–Crippen LogP) is -0.793. The number of aliphatic carboxylic acids is 1. The quantitative estimate of drug-likeness (QED) is 0.454. The third-order valence-electron chi connectivity index (χ3n) is 3.59. The third-order valence-corrected chi connectivity index (χ3v) is 3.59. The van der Waals surface area contributed by atoms with Gasteiger partial charge in [-0.05, 0) is 19.8 Å². The van der Waals surface area contributed by atoms with E-state index in [4.69, 9.17) is 9.84 Å². The maximum absolute atomic E-state index is 11.1. The number of carboxylic acids is 1. The molecule has 1 aliphatic rings. The number of aromatic nitrogens is 4. The molecule has 1 aliphatic heterocycles. The molecule has 9 nitrogen and oxygen atoms in total. The second-order valence-corrected chi connectivity index (χ2v) is 5.10. The van der Waals surface area contributed by atoms with Gasteiger partial charge in [0.05, 0.1) is 12.0 Å². The predicted molar refractivity (Wildman–Crippen MR) is 76.2 cm³/mol. The van der Waals surface area contributed by atoms with Crippen molar-refractivity contribution in [2.24, 2.45) is 0 Å². The third kappa shape index (κ3) is 2.93. The van der Waals surface area contributed by atoms with Gasteiger partial charge in [-0.3, -0.25) is 4.57 Å². The summed E-state index contributed by atoms with van der Waals surface area (Å²) in [6.07, 6.45) is -4.25. The van der Waals surface area contributed by atoms with Crippen LogP contribution in [0.5, 0.6) is 0 Å². The Balaban J connectivity index is 0.00000208. The number of hydrogen-bond acceptors (Lipinski definition) is 7. The summed E-state index contributed by atoms with van der Waals surface area (Å²) in [5.74, 6) is 4.35. The maximum Gasteiger partial charge on any atom is 0.335 e. The zero-order valence-corrected chi connectivity index (χ0v) is 15.4. The smallest absolute Gasteiger partial charge is 0.335 e. The first kappa shape index (κ1) is 18.5. The molecule has 0 amide bonds. The average molecular weight is 504 g/mol. The Morgan fingerprint density at radius 1 is 1.33 bits per heavy atom. The van der Waals surface area contributed by atoms with Crippen LogP contribution in [0.25, 0.3) is 11.2 Å². The van der Waals surface area contributed by atoms with E-state index in [0.717, 1.165) is 0 Å². The van der Waals surface area contributed by atoms with Gasteiger partial charge in [0.1, 0.15) is 17.7 Å². The molecule has 127 valence electrons. The Morgan fingerprint density at radius 2 is 2.04 bits per heavy atom. The van der Waals surface area contributed by atoms with E-state index in [1.807, 2.05) is 0 Å². The first-order valence-corrected chi connectivity index (χ1v) is 6.82. The van der Waals surface area contributed by atoms with Crippen molar-refractivity contribution in [1.82, 2.24) is 19.5 Å². The minimum atomic E-state index is -1.55. The van der Waals surface area contributed by atoms with Crippen LogP contribution in [0.3, 0.4) is 0 Å². The molecule has 1 unspecified atom stereocenters. The molecule has 1 radical (unpaired) electrons. The van der Waals surface area contributed by atoms with Crippen LogP contribution < -0.4 is 0 Å². The van der Waals surface area contributed by atoms with E-state index in [2.05, 4.69) is 26.8 Å². The van der Waals surface area contributed by atoms with E-state index in [-0.39, 0.29) is 26.2 Å². The van der Waals surface area contributed by atoms with Gasteiger partial charge >= 0.3 is 5.97 Å². The molecule has 24 heavy (non-hydrogen) atoms. The van der Waals surface area contributed by atoms with Crippen molar-refractivity contribution in [2.75, 3.05) is 0 Å². The van der Waals surface area contributed by atoms with Crippen molar-refractivity contribution in [3.8, 4) is 11.8 Å². The second-order valence-electron chi connectivity index (χ2n) is 5.10. The van der Waals surface area contributed by atoms with Crippen LogP contribution in [-0.4, -0.2) is 59.1 Å². The van der Waals surface area contributed by atoms with Crippen molar-refractivity contribution in [1.29, 1.82) is 0 Å². The van der Waals surface area contributed by atoms with Gasteiger partial charge in [0.25, 0.3) is 0 Å². The molecule has 2 aromatic rings. The molecular formula is C14H14N4O5Re. The number of aliphatic hydroxyl groups excluding tert-OH is 2. The molecule has 0 spiro atoms. The molecule has 0 saturated carbocycles. The monoisotopic (exact) mass is 505 g/mol. The van der Waals surface area contributed by atoms with Gasteiger partial charge < -0.3 is 20.1 Å². The summed E-state index contributed by atoms with van der Waals surface area (Å²) in [5, 5.41) is 28.9. The Morgan fingerprint density at radius 3 is 2.62 bits per heavy atom. The van der Waals surface area contributed by atoms with E-state index in [0.29, 0.717) is 16.9 Å². The van der Waals surface area contributed by atoms with Crippen LogP contribution in [0.4, 0.5) is 0 Å². The molecule has 0 aromatic carbocycles. The van der Waals surface area contributed by atoms with Gasteiger partial charge in [-0.2, -0.15) is 0 Å². The number of aliphatic hydroxyl groups is 2.